The van der Waals surface area contributed by atoms with Crippen molar-refractivity contribution in [1.82, 2.24) is 14.7 Å². The monoisotopic (exact) mass is 494 g/mol. The Hall–Kier alpha value is -3.26. The zero-order chi connectivity index (χ0) is 26.0. The van der Waals surface area contributed by atoms with Gasteiger partial charge in [-0.25, -0.2) is 4.39 Å². The number of piperazine rings is 1. The first-order valence-electron chi connectivity index (χ1n) is 12.5. The Morgan fingerprint density at radius 3 is 2.36 bits per heavy atom. The summed E-state index contributed by atoms with van der Waals surface area (Å²) >= 11 is 0. The highest BCUT2D eigenvalue weighted by Gasteiger charge is 2.55. The molecule has 0 spiro atoms. The van der Waals surface area contributed by atoms with E-state index in [0.29, 0.717) is 32.7 Å². The second-order valence-corrected chi connectivity index (χ2v) is 10.2. The molecular weight excluding hydrogens is 459 g/mol. The Bertz CT molecular complexity index is 1160. The third kappa shape index (κ3) is 4.87. The fourth-order valence-electron chi connectivity index (χ4n) is 5.27. The average molecular weight is 495 g/mol. The van der Waals surface area contributed by atoms with Crippen LogP contribution in [-0.4, -0.2) is 85.8 Å². The molecule has 0 aliphatic carbocycles. The number of likely N-dealkylation sites (tertiary alicyclic amines) is 1. The molecule has 2 aliphatic heterocycles. The molecule has 36 heavy (non-hydrogen) atoms. The predicted octanol–water partition coefficient (Wildman–Crippen LogP) is 2.74. The zero-order valence-corrected chi connectivity index (χ0v) is 21.6. The molecule has 0 unspecified atom stereocenters. The lowest BCUT2D eigenvalue weighted by atomic mass is 9.75. The molecule has 2 aromatic rings. The van der Waals surface area contributed by atoms with Gasteiger partial charge in [-0.1, -0.05) is 30.3 Å². The lowest BCUT2D eigenvalue weighted by molar-refractivity contribution is -0.143. The summed E-state index contributed by atoms with van der Waals surface area (Å²) in [6.07, 6.45) is -0.422. The summed E-state index contributed by atoms with van der Waals surface area (Å²) in [6, 6.07) is 12.2. The summed E-state index contributed by atoms with van der Waals surface area (Å²) < 4.78 is 15.0. The van der Waals surface area contributed by atoms with E-state index in [4.69, 9.17) is 0 Å². The zero-order valence-electron chi connectivity index (χ0n) is 21.6. The quantitative estimate of drug-likeness (QED) is 0.554. The molecule has 2 heterocycles. The molecule has 2 fully saturated rings. The molecule has 0 saturated carbocycles. The van der Waals surface area contributed by atoms with Gasteiger partial charge < -0.3 is 14.7 Å². The molecule has 0 N–H and O–H groups in total. The van der Waals surface area contributed by atoms with Crippen molar-refractivity contribution in [1.29, 1.82) is 0 Å². The smallest absolute Gasteiger partial charge is 0.241 e. The molecule has 0 bridgehead atoms. The highest BCUT2D eigenvalue weighted by Crippen LogP contribution is 2.41. The summed E-state index contributed by atoms with van der Waals surface area (Å²) in [4.78, 5) is 47.2. The van der Waals surface area contributed by atoms with E-state index in [2.05, 4.69) is 30.9 Å². The topological polar surface area (TPSA) is 64.2 Å². The Balaban J connectivity index is 1.54. The normalized spacial score (nSPS) is 20.6. The van der Waals surface area contributed by atoms with Gasteiger partial charge in [-0.15, -0.1) is 0 Å². The average Bonchev–Trinajstić information content (AvgIpc) is 3.09. The molecule has 192 valence electrons. The number of aryl methyl sites for hydroxylation is 1. The van der Waals surface area contributed by atoms with Gasteiger partial charge in [0.1, 0.15) is 5.82 Å². The number of hydrogen-bond acceptors (Lipinski definition) is 5. The van der Waals surface area contributed by atoms with Crippen molar-refractivity contribution in [3.63, 3.8) is 0 Å². The molecule has 3 amide bonds. The van der Waals surface area contributed by atoms with Gasteiger partial charge >= 0.3 is 0 Å². The van der Waals surface area contributed by atoms with Crippen LogP contribution < -0.4 is 4.90 Å². The highest BCUT2D eigenvalue weighted by atomic mass is 19.1. The number of rotatable bonds is 7. The van der Waals surface area contributed by atoms with Crippen LogP contribution in [0.2, 0.25) is 0 Å². The van der Waals surface area contributed by atoms with Crippen LogP contribution in [0.1, 0.15) is 29.5 Å². The molecule has 0 radical (unpaired) electrons. The number of carbonyl (C=O) groups is 3. The van der Waals surface area contributed by atoms with Crippen LogP contribution in [0.25, 0.3) is 0 Å². The molecule has 0 aromatic heterocycles. The van der Waals surface area contributed by atoms with Crippen molar-refractivity contribution >= 4 is 23.4 Å². The first-order chi connectivity index (χ1) is 17.1. The van der Waals surface area contributed by atoms with Crippen molar-refractivity contribution < 1.29 is 18.8 Å². The number of hydrogen-bond donors (Lipinski definition) is 0. The number of imide groups is 1. The van der Waals surface area contributed by atoms with Gasteiger partial charge in [-0.05, 0) is 51.2 Å². The van der Waals surface area contributed by atoms with Gasteiger partial charge in [0.25, 0.3) is 0 Å². The maximum Gasteiger partial charge on any atom is 0.241 e. The van der Waals surface area contributed by atoms with Gasteiger partial charge in [0.2, 0.25) is 17.7 Å². The van der Waals surface area contributed by atoms with Crippen LogP contribution in [0.15, 0.2) is 42.5 Å². The Morgan fingerprint density at radius 2 is 1.69 bits per heavy atom. The third-order valence-corrected chi connectivity index (χ3v) is 7.57. The van der Waals surface area contributed by atoms with Crippen LogP contribution in [0.5, 0.6) is 0 Å². The SMILES string of the molecule is Cc1cccc(N2CCN(C(=O)C[C@@]3(c4ccccc4F)CC(=O)N(CCN(C)C)C3=O)CC2)c1C. The largest absolute Gasteiger partial charge is 0.368 e. The van der Waals surface area contributed by atoms with Crippen LogP contribution >= 0.6 is 0 Å². The Kier molecular flexibility index (Phi) is 7.45. The Morgan fingerprint density at radius 1 is 1.00 bits per heavy atom. The van der Waals surface area contributed by atoms with Gasteiger partial charge in [0.05, 0.1) is 5.41 Å². The number of benzene rings is 2. The maximum atomic E-state index is 15.0. The fourth-order valence-corrected chi connectivity index (χ4v) is 5.27. The maximum absolute atomic E-state index is 15.0. The standard InChI is InChI=1S/C28H35FN4O3/c1-20-8-7-11-24(21(20)2)31-13-15-32(16-14-31)25(34)18-28(22-9-5-6-10-23(22)29)19-26(35)33(27(28)36)17-12-30(3)4/h5-11H,12-19H2,1-4H3/t28-/m0/s1. The van der Waals surface area contributed by atoms with Crippen molar-refractivity contribution in [3.05, 3.63) is 65.0 Å². The molecule has 2 saturated heterocycles. The van der Waals surface area contributed by atoms with E-state index in [0.717, 1.165) is 5.69 Å². The molecule has 2 aromatic carbocycles. The van der Waals surface area contributed by atoms with Crippen molar-refractivity contribution in [2.24, 2.45) is 0 Å². The van der Waals surface area contributed by atoms with E-state index in [1.165, 1.54) is 28.2 Å². The van der Waals surface area contributed by atoms with Crippen LogP contribution in [0.3, 0.4) is 0 Å². The third-order valence-electron chi connectivity index (χ3n) is 7.57. The van der Waals surface area contributed by atoms with Gasteiger partial charge in [-0.3, -0.25) is 19.3 Å². The molecule has 2 aliphatic rings. The van der Waals surface area contributed by atoms with E-state index in [1.54, 1.807) is 17.0 Å². The van der Waals surface area contributed by atoms with Crippen LogP contribution in [0, 0.1) is 19.7 Å². The number of halogens is 1. The number of carbonyl (C=O) groups excluding carboxylic acids is 3. The molecule has 8 heteroatoms. The predicted molar refractivity (Wildman–Crippen MR) is 137 cm³/mol. The van der Waals surface area contributed by atoms with E-state index in [9.17, 15) is 14.4 Å². The van der Waals surface area contributed by atoms with Gasteiger partial charge in [0, 0.05) is 63.4 Å². The molecule has 7 nitrogen and oxygen atoms in total. The van der Waals surface area contributed by atoms with Gasteiger partial charge in [0.15, 0.2) is 0 Å². The van der Waals surface area contributed by atoms with E-state index in [1.807, 2.05) is 25.1 Å². The van der Waals surface area contributed by atoms with Crippen molar-refractivity contribution in [2.75, 3.05) is 58.3 Å². The van der Waals surface area contributed by atoms with Crippen LogP contribution in [-0.2, 0) is 19.8 Å². The summed E-state index contributed by atoms with van der Waals surface area (Å²) in [6.45, 7) is 7.25. The summed E-state index contributed by atoms with van der Waals surface area (Å²) in [5, 5.41) is 0. The lowest BCUT2D eigenvalue weighted by Crippen LogP contribution is -2.51. The van der Waals surface area contributed by atoms with Crippen molar-refractivity contribution in [2.45, 2.75) is 32.1 Å². The first kappa shape index (κ1) is 25.8. The number of nitrogens with zero attached hydrogens (tertiary/aromatic N) is 4. The molecular formula is C28H35FN4O3. The summed E-state index contributed by atoms with van der Waals surface area (Å²) in [7, 11) is 3.72. The minimum absolute atomic E-state index is 0.123. The first-order valence-corrected chi connectivity index (χ1v) is 12.5. The highest BCUT2D eigenvalue weighted by molar-refractivity contribution is 6.10. The fraction of sp³-hybridized carbons (Fsp3) is 0.464. The molecule has 1 atom stereocenters. The number of amides is 3. The Labute approximate surface area is 212 Å². The second-order valence-electron chi connectivity index (χ2n) is 10.2. The number of likely N-dealkylation sites (N-methyl/N-ethyl adjacent to an activating group) is 1. The van der Waals surface area contributed by atoms with E-state index >= 15 is 4.39 Å². The van der Waals surface area contributed by atoms with Crippen molar-refractivity contribution in [3.8, 4) is 0 Å². The number of anilines is 1. The summed E-state index contributed by atoms with van der Waals surface area (Å²) in [5.74, 6) is -1.64. The summed E-state index contributed by atoms with van der Waals surface area (Å²) in [5.41, 5.74) is 2.22. The minimum atomic E-state index is -1.52. The minimum Gasteiger partial charge on any atom is -0.368 e. The lowest BCUT2D eigenvalue weighted by Gasteiger charge is -2.38. The molecule has 4 rings (SSSR count). The van der Waals surface area contributed by atoms with Crippen LogP contribution in [0.4, 0.5) is 10.1 Å². The van der Waals surface area contributed by atoms with Gasteiger partial charge in [-0.2, -0.15) is 0 Å². The van der Waals surface area contributed by atoms with E-state index in [-0.39, 0.29) is 36.8 Å². The second kappa shape index (κ2) is 10.4. The van der Waals surface area contributed by atoms with E-state index < -0.39 is 17.1 Å².